The van der Waals surface area contributed by atoms with E-state index in [0.717, 1.165) is 11.1 Å². The third-order valence-electron chi connectivity index (χ3n) is 5.76. The second-order valence-corrected chi connectivity index (χ2v) is 9.13. The molecule has 0 saturated carbocycles. The molecule has 2 atom stereocenters. The molecule has 1 amide bonds. The van der Waals surface area contributed by atoms with Crippen molar-refractivity contribution in [3.63, 3.8) is 0 Å². The molecule has 0 radical (unpaired) electrons. The molecule has 1 fully saturated rings. The van der Waals surface area contributed by atoms with Crippen LogP contribution in [0, 0.1) is 0 Å². The molecule has 0 aliphatic carbocycles. The number of methoxy groups -OCH3 is 1. The predicted molar refractivity (Wildman–Crippen MR) is 130 cm³/mol. The van der Waals surface area contributed by atoms with Crippen LogP contribution in [0.15, 0.2) is 72.8 Å². The van der Waals surface area contributed by atoms with Gasteiger partial charge in [-0.3, -0.25) is 9.69 Å². The van der Waals surface area contributed by atoms with E-state index in [-0.39, 0.29) is 24.1 Å². The Morgan fingerprint density at radius 3 is 1.78 bits per heavy atom. The number of benzene rings is 3. The van der Waals surface area contributed by atoms with E-state index >= 15 is 0 Å². The van der Waals surface area contributed by atoms with E-state index in [4.69, 9.17) is 39.5 Å². The fraction of sp³-hybridized carbons (Fsp3) is 0.240. The molecule has 3 aromatic rings. The van der Waals surface area contributed by atoms with Crippen LogP contribution < -0.4 is 5.32 Å². The fourth-order valence-electron chi connectivity index (χ4n) is 4.15. The number of hydrogen-bond acceptors (Lipinski definition) is 3. The molecule has 4 rings (SSSR count). The first-order valence-electron chi connectivity index (χ1n) is 10.3. The number of halogens is 3. The molecule has 0 bridgehead atoms. The summed E-state index contributed by atoms with van der Waals surface area (Å²) in [5.74, 6) is -0.148. The van der Waals surface area contributed by atoms with Crippen LogP contribution in [0.4, 0.5) is 0 Å². The van der Waals surface area contributed by atoms with E-state index in [1.165, 1.54) is 0 Å². The molecule has 2 unspecified atom stereocenters. The standard InChI is InChI=1S/C25H23Cl3N2O2/c1-32-23-15-30(14-22(23)29-25(31)18-6-12-21(28)13-7-18)24(16-2-8-19(26)9-3-16)17-4-10-20(27)11-5-17/h2-13,22-24H,14-15H2,1H3,(H,29,31). The minimum Gasteiger partial charge on any atom is -0.378 e. The largest absolute Gasteiger partial charge is 0.378 e. The van der Waals surface area contributed by atoms with E-state index in [1.807, 2.05) is 48.5 Å². The SMILES string of the molecule is COC1CN(C(c2ccc(Cl)cc2)c2ccc(Cl)cc2)CC1NC(=O)c1ccc(Cl)cc1. The van der Waals surface area contributed by atoms with Crippen molar-refractivity contribution in [3.8, 4) is 0 Å². The molecule has 1 aliphatic rings. The Morgan fingerprint density at radius 1 is 0.844 bits per heavy atom. The smallest absolute Gasteiger partial charge is 0.251 e. The third-order valence-corrected chi connectivity index (χ3v) is 6.51. The maximum absolute atomic E-state index is 12.8. The van der Waals surface area contributed by atoms with Gasteiger partial charge in [0, 0.05) is 40.8 Å². The predicted octanol–water partition coefficient (Wildman–Crippen LogP) is 5.87. The lowest BCUT2D eigenvalue weighted by Gasteiger charge is -2.29. The Hall–Kier alpha value is -2.08. The first-order chi connectivity index (χ1) is 15.4. The molecular formula is C25H23Cl3N2O2. The topological polar surface area (TPSA) is 41.6 Å². The maximum atomic E-state index is 12.8. The van der Waals surface area contributed by atoms with Crippen molar-refractivity contribution < 1.29 is 9.53 Å². The summed E-state index contributed by atoms with van der Waals surface area (Å²) < 4.78 is 5.75. The molecule has 1 N–H and O–H groups in total. The zero-order valence-electron chi connectivity index (χ0n) is 17.5. The summed E-state index contributed by atoms with van der Waals surface area (Å²) in [4.78, 5) is 15.1. The quantitative estimate of drug-likeness (QED) is 0.471. The molecule has 3 aromatic carbocycles. The number of nitrogens with zero attached hydrogens (tertiary/aromatic N) is 1. The van der Waals surface area contributed by atoms with E-state index in [9.17, 15) is 4.79 Å². The number of amides is 1. The van der Waals surface area contributed by atoms with Crippen molar-refractivity contribution in [1.29, 1.82) is 0 Å². The second kappa shape index (κ2) is 10.2. The summed E-state index contributed by atoms with van der Waals surface area (Å²) >= 11 is 18.2. The molecular weight excluding hydrogens is 467 g/mol. The zero-order chi connectivity index (χ0) is 22.7. The van der Waals surface area contributed by atoms with Crippen LogP contribution in [0.2, 0.25) is 15.1 Å². The number of nitrogens with one attached hydrogen (secondary N) is 1. The first kappa shape index (κ1) is 23.1. The molecule has 4 nitrogen and oxygen atoms in total. The van der Waals surface area contributed by atoms with Crippen LogP contribution in [-0.2, 0) is 4.74 Å². The van der Waals surface area contributed by atoms with Crippen LogP contribution in [-0.4, -0.2) is 43.2 Å². The summed E-state index contributed by atoms with van der Waals surface area (Å²) in [5, 5.41) is 5.10. The molecule has 32 heavy (non-hydrogen) atoms. The van der Waals surface area contributed by atoms with Crippen LogP contribution in [0.1, 0.15) is 27.5 Å². The number of carbonyl (C=O) groups is 1. The van der Waals surface area contributed by atoms with Gasteiger partial charge in [-0.05, 0) is 59.7 Å². The van der Waals surface area contributed by atoms with Crippen LogP contribution in [0.25, 0.3) is 0 Å². The van der Waals surface area contributed by atoms with Crippen LogP contribution >= 0.6 is 34.8 Å². The lowest BCUT2D eigenvalue weighted by Crippen LogP contribution is -2.43. The highest BCUT2D eigenvalue weighted by atomic mass is 35.5. The molecule has 0 spiro atoms. The van der Waals surface area contributed by atoms with Gasteiger partial charge in [-0.1, -0.05) is 59.1 Å². The normalized spacial score (nSPS) is 18.8. The van der Waals surface area contributed by atoms with Gasteiger partial charge in [-0.2, -0.15) is 0 Å². The van der Waals surface area contributed by atoms with Crippen molar-refractivity contribution in [2.75, 3.05) is 20.2 Å². The lowest BCUT2D eigenvalue weighted by molar-refractivity contribution is 0.0753. The van der Waals surface area contributed by atoms with Crippen molar-refractivity contribution in [3.05, 3.63) is 105 Å². The highest BCUT2D eigenvalue weighted by molar-refractivity contribution is 6.31. The first-order valence-corrected chi connectivity index (χ1v) is 11.4. The number of carbonyl (C=O) groups excluding carboxylic acids is 1. The van der Waals surface area contributed by atoms with Gasteiger partial charge in [0.05, 0.1) is 18.2 Å². The number of rotatable bonds is 6. The highest BCUT2D eigenvalue weighted by Gasteiger charge is 2.38. The molecule has 7 heteroatoms. The van der Waals surface area contributed by atoms with Gasteiger partial charge in [-0.25, -0.2) is 0 Å². The van der Waals surface area contributed by atoms with E-state index in [0.29, 0.717) is 33.7 Å². The van der Waals surface area contributed by atoms with Gasteiger partial charge in [0.2, 0.25) is 0 Å². The average Bonchev–Trinajstić information content (AvgIpc) is 3.19. The Balaban J connectivity index is 1.59. The van der Waals surface area contributed by atoms with Gasteiger partial charge in [-0.15, -0.1) is 0 Å². The number of hydrogen-bond donors (Lipinski definition) is 1. The molecule has 1 aliphatic heterocycles. The monoisotopic (exact) mass is 488 g/mol. The van der Waals surface area contributed by atoms with E-state index in [2.05, 4.69) is 10.2 Å². The molecule has 1 heterocycles. The van der Waals surface area contributed by atoms with E-state index in [1.54, 1.807) is 31.4 Å². The van der Waals surface area contributed by atoms with Gasteiger partial charge < -0.3 is 10.1 Å². The molecule has 0 aromatic heterocycles. The van der Waals surface area contributed by atoms with Crippen molar-refractivity contribution in [1.82, 2.24) is 10.2 Å². The summed E-state index contributed by atoms with van der Waals surface area (Å²) in [6.45, 7) is 1.30. The van der Waals surface area contributed by atoms with Gasteiger partial charge in [0.1, 0.15) is 0 Å². The third kappa shape index (κ3) is 5.28. The second-order valence-electron chi connectivity index (χ2n) is 7.82. The molecule has 1 saturated heterocycles. The summed E-state index contributed by atoms with van der Waals surface area (Å²) in [6, 6.07) is 22.4. The highest BCUT2D eigenvalue weighted by Crippen LogP contribution is 2.33. The van der Waals surface area contributed by atoms with Crippen molar-refractivity contribution in [2.24, 2.45) is 0 Å². The Labute approximate surface area is 203 Å². The Morgan fingerprint density at radius 2 is 1.31 bits per heavy atom. The van der Waals surface area contributed by atoms with Crippen LogP contribution in [0.5, 0.6) is 0 Å². The Bertz CT molecular complexity index is 1010. The minimum absolute atomic E-state index is 0.0281. The number of likely N-dealkylation sites (tertiary alicyclic amines) is 1. The van der Waals surface area contributed by atoms with Crippen LogP contribution in [0.3, 0.4) is 0 Å². The van der Waals surface area contributed by atoms with Gasteiger partial charge in [0.25, 0.3) is 5.91 Å². The van der Waals surface area contributed by atoms with Crippen molar-refractivity contribution in [2.45, 2.75) is 18.2 Å². The average molecular weight is 490 g/mol. The van der Waals surface area contributed by atoms with E-state index < -0.39 is 0 Å². The Kier molecular flexibility index (Phi) is 7.39. The lowest BCUT2D eigenvalue weighted by atomic mass is 9.97. The molecule has 166 valence electrons. The fourth-order valence-corrected chi connectivity index (χ4v) is 4.53. The number of ether oxygens (including phenoxy) is 1. The minimum atomic E-state index is -0.162. The summed E-state index contributed by atoms with van der Waals surface area (Å²) in [7, 11) is 1.68. The zero-order valence-corrected chi connectivity index (χ0v) is 19.7. The summed E-state index contributed by atoms with van der Waals surface area (Å²) in [6.07, 6.45) is -0.145. The summed E-state index contributed by atoms with van der Waals surface area (Å²) in [5.41, 5.74) is 2.78. The van der Waals surface area contributed by atoms with Crippen molar-refractivity contribution >= 4 is 40.7 Å². The maximum Gasteiger partial charge on any atom is 0.251 e. The van der Waals surface area contributed by atoms with Gasteiger partial charge >= 0.3 is 0 Å². The van der Waals surface area contributed by atoms with Gasteiger partial charge in [0.15, 0.2) is 0 Å².